The van der Waals surface area contributed by atoms with Gasteiger partial charge in [0.25, 0.3) is 0 Å². The molecular weight excluding hydrogens is 290 g/mol. The number of hydrogen-bond acceptors (Lipinski definition) is 4. The second-order valence-electron chi connectivity index (χ2n) is 5.27. The summed E-state index contributed by atoms with van der Waals surface area (Å²) < 4.78 is 10.5. The molecule has 0 aromatic heterocycles. The van der Waals surface area contributed by atoms with Gasteiger partial charge in [0.1, 0.15) is 24.3 Å². The molecule has 0 fully saturated rings. The quantitative estimate of drug-likeness (QED) is 0.809. The van der Waals surface area contributed by atoms with Crippen molar-refractivity contribution in [2.24, 2.45) is 5.16 Å². The molecule has 0 amide bonds. The second-order valence-corrected chi connectivity index (χ2v) is 5.27. The van der Waals surface area contributed by atoms with E-state index in [2.05, 4.69) is 17.3 Å². The zero-order chi connectivity index (χ0) is 16.2. The van der Waals surface area contributed by atoms with Crippen LogP contribution in [0.25, 0.3) is 6.08 Å². The highest BCUT2D eigenvalue weighted by molar-refractivity contribution is 6.18. The third-order valence-corrected chi connectivity index (χ3v) is 3.90. The van der Waals surface area contributed by atoms with E-state index >= 15 is 0 Å². The number of oxime groups is 1. The number of nitrogens with zero attached hydrogens (tertiary/aromatic N) is 1. The van der Waals surface area contributed by atoms with E-state index < -0.39 is 0 Å². The van der Waals surface area contributed by atoms with Crippen molar-refractivity contribution < 1.29 is 14.3 Å². The molecule has 0 bridgehead atoms. The number of hydrogen-bond donors (Lipinski definition) is 0. The maximum Gasteiger partial charge on any atom is 0.119 e. The first-order valence-corrected chi connectivity index (χ1v) is 7.38. The first kappa shape index (κ1) is 15.2. The molecule has 0 unspecified atom stereocenters. The smallest absolute Gasteiger partial charge is 0.119 e. The molecule has 0 spiro atoms. The first-order valence-electron chi connectivity index (χ1n) is 7.38. The van der Waals surface area contributed by atoms with Crippen molar-refractivity contribution in [2.75, 3.05) is 21.3 Å². The van der Waals surface area contributed by atoms with E-state index in [1.54, 1.807) is 21.3 Å². The van der Waals surface area contributed by atoms with Crippen molar-refractivity contribution in [1.29, 1.82) is 0 Å². The van der Waals surface area contributed by atoms with Gasteiger partial charge in [0.05, 0.1) is 14.2 Å². The molecule has 4 heteroatoms. The summed E-state index contributed by atoms with van der Waals surface area (Å²) in [6, 6.07) is 14.0. The molecule has 1 aliphatic rings. The molecule has 0 saturated carbocycles. The summed E-state index contributed by atoms with van der Waals surface area (Å²) in [5.41, 5.74) is 5.37. The van der Waals surface area contributed by atoms with Crippen molar-refractivity contribution in [3.05, 3.63) is 64.7 Å². The van der Waals surface area contributed by atoms with Crippen LogP contribution >= 0.6 is 0 Å². The maximum absolute atomic E-state index is 5.32. The Labute approximate surface area is 136 Å². The van der Waals surface area contributed by atoms with Crippen molar-refractivity contribution in [3.63, 3.8) is 0 Å². The summed E-state index contributed by atoms with van der Waals surface area (Å²) >= 11 is 0. The summed E-state index contributed by atoms with van der Waals surface area (Å²) in [5.74, 6) is 1.66. The molecule has 2 aromatic rings. The number of methoxy groups -OCH3 is 2. The van der Waals surface area contributed by atoms with Crippen LogP contribution in [0.2, 0.25) is 0 Å². The van der Waals surface area contributed by atoms with E-state index in [0.717, 1.165) is 40.3 Å². The van der Waals surface area contributed by atoms with E-state index in [1.165, 1.54) is 5.56 Å². The van der Waals surface area contributed by atoms with Crippen molar-refractivity contribution >= 4 is 11.8 Å². The third-order valence-electron chi connectivity index (χ3n) is 3.90. The molecule has 0 aliphatic heterocycles. The van der Waals surface area contributed by atoms with E-state index in [-0.39, 0.29) is 0 Å². The Balaban J connectivity index is 1.99. The second kappa shape index (κ2) is 6.57. The van der Waals surface area contributed by atoms with Crippen LogP contribution in [0.4, 0.5) is 0 Å². The topological polar surface area (TPSA) is 40.0 Å². The average Bonchev–Trinajstić information content (AvgIpc) is 2.92. The fraction of sp³-hybridized carbons (Fsp3) is 0.211. The summed E-state index contributed by atoms with van der Waals surface area (Å²) in [6.07, 6.45) is 2.96. The van der Waals surface area contributed by atoms with Gasteiger partial charge in [-0.2, -0.15) is 0 Å². The van der Waals surface area contributed by atoms with Gasteiger partial charge in [0, 0.05) is 12.0 Å². The first-order chi connectivity index (χ1) is 11.2. The minimum Gasteiger partial charge on any atom is -0.497 e. The van der Waals surface area contributed by atoms with E-state index in [1.807, 2.05) is 36.4 Å². The van der Waals surface area contributed by atoms with Crippen LogP contribution in [0, 0.1) is 0 Å². The monoisotopic (exact) mass is 309 g/mol. The molecule has 0 heterocycles. The Morgan fingerprint density at radius 2 is 1.61 bits per heavy atom. The minimum absolute atomic E-state index is 0.818. The van der Waals surface area contributed by atoms with Gasteiger partial charge >= 0.3 is 0 Å². The molecule has 23 heavy (non-hydrogen) atoms. The Morgan fingerprint density at radius 1 is 0.913 bits per heavy atom. The summed E-state index contributed by atoms with van der Waals surface area (Å²) in [6.45, 7) is 0. The highest BCUT2D eigenvalue weighted by atomic mass is 16.6. The standard InChI is InChI=1S/C19H19NO3/c1-21-16-7-4-13(5-8-16)10-15-11-14-6-9-17(22-2)12-18(14)19(15)20-23-3/h4-10,12H,11H2,1-3H3/b15-10+,20-19?. The Morgan fingerprint density at radius 3 is 2.26 bits per heavy atom. The zero-order valence-electron chi connectivity index (χ0n) is 13.5. The summed E-state index contributed by atoms with van der Waals surface area (Å²) in [4.78, 5) is 5.05. The van der Waals surface area contributed by atoms with Crippen LogP contribution in [-0.2, 0) is 11.3 Å². The maximum atomic E-state index is 5.32. The molecule has 2 aromatic carbocycles. The van der Waals surface area contributed by atoms with Crippen molar-refractivity contribution in [3.8, 4) is 11.5 Å². The summed E-state index contributed by atoms with van der Waals surface area (Å²) in [5, 5.41) is 4.22. The Bertz CT molecular complexity index is 761. The fourth-order valence-electron chi connectivity index (χ4n) is 2.74. The fourth-order valence-corrected chi connectivity index (χ4v) is 2.74. The normalized spacial score (nSPS) is 16.5. The van der Waals surface area contributed by atoms with Crippen LogP contribution < -0.4 is 9.47 Å². The van der Waals surface area contributed by atoms with Crippen LogP contribution in [0.1, 0.15) is 16.7 Å². The Kier molecular flexibility index (Phi) is 4.33. The lowest BCUT2D eigenvalue weighted by Crippen LogP contribution is -1.99. The lowest BCUT2D eigenvalue weighted by atomic mass is 10.1. The van der Waals surface area contributed by atoms with Crippen LogP contribution in [-0.4, -0.2) is 27.0 Å². The predicted octanol–water partition coefficient (Wildman–Crippen LogP) is 3.69. The largest absolute Gasteiger partial charge is 0.497 e. The number of fused-ring (bicyclic) bond motifs is 1. The van der Waals surface area contributed by atoms with Gasteiger partial charge in [-0.1, -0.05) is 23.4 Å². The molecule has 0 saturated heterocycles. The minimum atomic E-state index is 0.818. The van der Waals surface area contributed by atoms with Crippen molar-refractivity contribution in [1.82, 2.24) is 0 Å². The van der Waals surface area contributed by atoms with E-state index in [4.69, 9.17) is 14.3 Å². The zero-order valence-corrected chi connectivity index (χ0v) is 13.5. The van der Waals surface area contributed by atoms with Crippen LogP contribution in [0.3, 0.4) is 0 Å². The molecule has 118 valence electrons. The molecule has 0 radical (unpaired) electrons. The third kappa shape index (κ3) is 3.06. The van der Waals surface area contributed by atoms with Gasteiger partial charge in [-0.3, -0.25) is 0 Å². The number of ether oxygens (including phenoxy) is 2. The predicted molar refractivity (Wildman–Crippen MR) is 91.2 cm³/mol. The van der Waals surface area contributed by atoms with Gasteiger partial charge in [-0.15, -0.1) is 0 Å². The highest BCUT2D eigenvalue weighted by Gasteiger charge is 2.24. The van der Waals surface area contributed by atoms with E-state index in [9.17, 15) is 0 Å². The number of benzene rings is 2. The summed E-state index contributed by atoms with van der Waals surface area (Å²) in [7, 11) is 4.89. The highest BCUT2D eigenvalue weighted by Crippen LogP contribution is 2.31. The molecule has 0 N–H and O–H groups in total. The molecular formula is C19H19NO3. The average molecular weight is 309 g/mol. The Hall–Kier alpha value is -2.75. The van der Waals surface area contributed by atoms with Crippen LogP contribution in [0.15, 0.2) is 53.2 Å². The van der Waals surface area contributed by atoms with Gasteiger partial charge in [-0.25, -0.2) is 0 Å². The molecule has 3 rings (SSSR count). The van der Waals surface area contributed by atoms with E-state index in [0.29, 0.717) is 0 Å². The van der Waals surface area contributed by atoms with Crippen molar-refractivity contribution in [2.45, 2.75) is 6.42 Å². The van der Waals surface area contributed by atoms with Gasteiger partial charge < -0.3 is 14.3 Å². The van der Waals surface area contributed by atoms with Crippen LogP contribution in [0.5, 0.6) is 11.5 Å². The van der Waals surface area contributed by atoms with Gasteiger partial charge in [0.2, 0.25) is 0 Å². The lowest BCUT2D eigenvalue weighted by Gasteiger charge is -2.04. The van der Waals surface area contributed by atoms with Gasteiger partial charge in [0.15, 0.2) is 0 Å². The molecule has 0 atom stereocenters. The molecule has 4 nitrogen and oxygen atoms in total. The molecule has 1 aliphatic carbocycles. The van der Waals surface area contributed by atoms with Gasteiger partial charge in [-0.05, 0) is 47.0 Å². The lowest BCUT2D eigenvalue weighted by molar-refractivity contribution is 0.214. The number of allylic oxidation sites excluding steroid dienone is 1. The SMILES string of the molecule is CON=C1/C(=C/c2ccc(OC)cc2)Cc2ccc(OC)cc21. The number of rotatable bonds is 4.